The first kappa shape index (κ1) is 11.2. The highest BCUT2D eigenvalue weighted by Crippen LogP contribution is 2.41. The second-order valence-corrected chi connectivity index (χ2v) is 5.59. The Morgan fingerprint density at radius 1 is 1.47 bits per heavy atom. The number of halogens is 1. The predicted molar refractivity (Wildman–Crippen MR) is 66.5 cm³/mol. The van der Waals surface area contributed by atoms with Crippen molar-refractivity contribution in [1.29, 1.82) is 0 Å². The largest absolute Gasteiger partial charge is 0.483 e. The van der Waals surface area contributed by atoms with Crippen molar-refractivity contribution in [2.24, 2.45) is 0 Å². The van der Waals surface area contributed by atoms with Gasteiger partial charge in [0.25, 0.3) is 0 Å². The van der Waals surface area contributed by atoms with E-state index >= 15 is 0 Å². The second kappa shape index (κ2) is 3.82. The highest BCUT2D eigenvalue weighted by atomic mass is 79.9. The molecule has 2 aliphatic heterocycles. The van der Waals surface area contributed by atoms with Crippen molar-refractivity contribution < 1.29 is 14.3 Å². The van der Waals surface area contributed by atoms with Crippen molar-refractivity contribution in [3.05, 3.63) is 28.2 Å². The van der Waals surface area contributed by atoms with Crippen LogP contribution in [0.3, 0.4) is 0 Å². The number of Topliss-reactive ketones (excluding diaryl/α,β-unsaturated/α-hetero) is 1. The van der Waals surface area contributed by atoms with Crippen LogP contribution in [0.5, 0.6) is 5.75 Å². The summed E-state index contributed by atoms with van der Waals surface area (Å²) in [6.07, 6.45) is 1.17. The maximum Gasteiger partial charge on any atom is 0.170 e. The van der Waals surface area contributed by atoms with E-state index in [4.69, 9.17) is 9.47 Å². The third-order valence-electron chi connectivity index (χ3n) is 3.65. The Kier molecular flexibility index (Phi) is 2.52. The van der Waals surface area contributed by atoms with Crippen LogP contribution < -0.4 is 4.74 Å². The number of fused-ring (bicyclic) bond motifs is 1. The van der Waals surface area contributed by atoms with Crippen molar-refractivity contribution in [3.8, 4) is 5.75 Å². The molecule has 1 fully saturated rings. The molecule has 0 amide bonds. The first-order valence-electron chi connectivity index (χ1n) is 5.74. The van der Waals surface area contributed by atoms with E-state index in [1.807, 2.05) is 25.1 Å². The first-order chi connectivity index (χ1) is 8.11. The van der Waals surface area contributed by atoms with Crippen molar-refractivity contribution in [1.82, 2.24) is 0 Å². The van der Waals surface area contributed by atoms with Crippen LogP contribution in [0.4, 0.5) is 0 Å². The van der Waals surface area contributed by atoms with Crippen molar-refractivity contribution in [2.45, 2.75) is 31.5 Å². The Morgan fingerprint density at radius 3 is 3.00 bits per heavy atom. The molecule has 90 valence electrons. The van der Waals surface area contributed by atoms with Crippen LogP contribution in [-0.4, -0.2) is 24.1 Å². The Labute approximate surface area is 108 Å². The highest BCUT2D eigenvalue weighted by molar-refractivity contribution is 9.10. The molecule has 0 aliphatic carbocycles. The zero-order valence-corrected chi connectivity index (χ0v) is 11.1. The highest BCUT2D eigenvalue weighted by Gasteiger charge is 2.48. The van der Waals surface area contributed by atoms with E-state index in [0.29, 0.717) is 24.3 Å². The second-order valence-electron chi connectivity index (χ2n) is 4.67. The molecule has 0 saturated carbocycles. The van der Waals surface area contributed by atoms with E-state index < -0.39 is 5.60 Å². The minimum atomic E-state index is -0.453. The van der Waals surface area contributed by atoms with Gasteiger partial charge < -0.3 is 9.47 Å². The molecule has 0 radical (unpaired) electrons. The van der Waals surface area contributed by atoms with Gasteiger partial charge in [-0.15, -0.1) is 0 Å². The lowest BCUT2D eigenvalue weighted by Gasteiger charge is -2.36. The lowest BCUT2D eigenvalue weighted by atomic mass is 9.85. The molecule has 2 heterocycles. The monoisotopic (exact) mass is 296 g/mol. The molecule has 2 atom stereocenters. The van der Waals surface area contributed by atoms with Crippen molar-refractivity contribution >= 4 is 21.7 Å². The summed E-state index contributed by atoms with van der Waals surface area (Å²) in [7, 11) is 0. The smallest absolute Gasteiger partial charge is 0.170 e. The number of carbonyl (C=O) groups is 1. The zero-order valence-electron chi connectivity index (χ0n) is 9.53. The fourth-order valence-electron chi connectivity index (χ4n) is 2.56. The maximum atomic E-state index is 12.2. The number of ketones is 1. The third-order valence-corrected chi connectivity index (χ3v) is 4.14. The van der Waals surface area contributed by atoms with E-state index in [-0.39, 0.29) is 11.9 Å². The minimum Gasteiger partial charge on any atom is -0.483 e. The standard InChI is InChI=1S/C13H13BrO3/c1-8-13(4-5-16-8)7-11(15)10-3-2-9(14)6-12(10)17-13/h2-3,6,8H,4-5,7H2,1H3. The fourth-order valence-corrected chi connectivity index (χ4v) is 2.90. The van der Waals surface area contributed by atoms with Crippen LogP contribution in [0.15, 0.2) is 22.7 Å². The van der Waals surface area contributed by atoms with E-state index in [1.54, 1.807) is 0 Å². The molecule has 1 aromatic carbocycles. The summed E-state index contributed by atoms with van der Waals surface area (Å²) in [5.74, 6) is 0.823. The molecule has 2 aliphatic rings. The molecular weight excluding hydrogens is 284 g/mol. The average molecular weight is 297 g/mol. The van der Waals surface area contributed by atoms with E-state index in [2.05, 4.69) is 15.9 Å². The van der Waals surface area contributed by atoms with Gasteiger partial charge in [-0.1, -0.05) is 15.9 Å². The quantitative estimate of drug-likeness (QED) is 0.738. The predicted octanol–water partition coefficient (Wildman–Crippen LogP) is 2.96. The van der Waals surface area contributed by atoms with E-state index in [9.17, 15) is 4.79 Å². The van der Waals surface area contributed by atoms with Gasteiger partial charge in [0.15, 0.2) is 5.78 Å². The van der Waals surface area contributed by atoms with Gasteiger partial charge in [0.1, 0.15) is 11.4 Å². The number of ether oxygens (including phenoxy) is 2. The molecule has 1 saturated heterocycles. The zero-order chi connectivity index (χ0) is 12.0. The van der Waals surface area contributed by atoms with Gasteiger partial charge >= 0.3 is 0 Å². The summed E-state index contributed by atoms with van der Waals surface area (Å²) in [4.78, 5) is 12.2. The van der Waals surface area contributed by atoms with Crippen LogP contribution in [-0.2, 0) is 4.74 Å². The van der Waals surface area contributed by atoms with Gasteiger partial charge in [0.05, 0.1) is 24.7 Å². The molecule has 17 heavy (non-hydrogen) atoms. The number of rotatable bonds is 0. The number of carbonyl (C=O) groups excluding carboxylic acids is 1. The summed E-state index contributed by atoms with van der Waals surface area (Å²) in [5, 5.41) is 0. The molecule has 3 nitrogen and oxygen atoms in total. The van der Waals surface area contributed by atoms with Gasteiger partial charge in [-0.25, -0.2) is 0 Å². The molecule has 0 aromatic heterocycles. The maximum absolute atomic E-state index is 12.2. The summed E-state index contributed by atoms with van der Waals surface area (Å²) >= 11 is 3.40. The van der Waals surface area contributed by atoms with Gasteiger partial charge in [-0.3, -0.25) is 4.79 Å². The topological polar surface area (TPSA) is 35.5 Å². The van der Waals surface area contributed by atoms with Crippen molar-refractivity contribution in [3.63, 3.8) is 0 Å². The lowest BCUT2D eigenvalue weighted by molar-refractivity contribution is -0.0160. The minimum absolute atomic E-state index is 0.0291. The Hall–Kier alpha value is -0.870. The van der Waals surface area contributed by atoms with Gasteiger partial charge in [0.2, 0.25) is 0 Å². The Balaban J connectivity index is 2.05. The van der Waals surface area contributed by atoms with Crippen LogP contribution in [0, 0.1) is 0 Å². The SMILES string of the molecule is CC1OCCC12CC(=O)c1ccc(Br)cc1O2. The van der Waals surface area contributed by atoms with Gasteiger partial charge in [0, 0.05) is 10.9 Å². The summed E-state index contributed by atoms with van der Waals surface area (Å²) in [6, 6.07) is 5.54. The van der Waals surface area contributed by atoms with Crippen LogP contribution in [0.1, 0.15) is 30.1 Å². The summed E-state index contributed by atoms with van der Waals surface area (Å²) in [5.41, 5.74) is 0.225. The molecule has 2 unspecified atom stereocenters. The first-order valence-corrected chi connectivity index (χ1v) is 6.53. The fraction of sp³-hybridized carbons (Fsp3) is 0.462. The number of hydrogen-bond donors (Lipinski definition) is 0. The summed E-state index contributed by atoms with van der Waals surface area (Å²) in [6.45, 7) is 2.64. The molecule has 0 N–H and O–H groups in total. The van der Waals surface area contributed by atoms with Crippen LogP contribution in [0.2, 0.25) is 0 Å². The molecule has 4 heteroatoms. The van der Waals surface area contributed by atoms with Gasteiger partial charge in [-0.05, 0) is 25.1 Å². The van der Waals surface area contributed by atoms with E-state index in [0.717, 1.165) is 10.9 Å². The van der Waals surface area contributed by atoms with Crippen LogP contribution >= 0.6 is 15.9 Å². The Morgan fingerprint density at radius 2 is 2.29 bits per heavy atom. The molecule has 1 aromatic rings. The third kappa shape index (κ3) is 1.70. The molecule has 1 spiro atoms. The van der Waals surface area contributed by atoms with Crippen molar-refractivity contribution in [2.75, 3.05) is 6.61 Å². The molecule has 0 bridgehead atoms. The lowest BCUT2D eigenvalue weighted by Crippen LogP contribution is -2.47. The van der Waals surface area contributed by atoms with E-state index in [1.165, 1.54) is 0 Å². The summed E-state index contributed by atoms with van der Waals surface area (Å²) < 4.78 is 12.5. The number of benzene rings is 1. The van der Waals surface area contributed by atoms with Gasteiger partial charge in [-0.2, -0.15) is 0 Å². The molecule has 3 rings (SSSR count). The normalized spacial score (nSPS) is 31.4. The van der Waals surface area contributed by atoms with Crippen LogP contribution in [0.25, 0.3) is 0 Å². The number of hydrogen-bond acceptors (Lipinski definition) is 3. The Bertz CT molecular complexity index is 486. The average Bonchev–Trinajstić information content (AvgIpc) is 2.59. The molecular formula is C13H13BrO3.